The summed E-state index contributed by atoms with van der Waals surface area (Å²) in [5, 5.41) is 13.3. The van der Waals surface area contributed by atoms with E-state index in [1.807, 2.05) is 6.92 Å². The van der Waals surface area contributed by atoms with Crippen molar-refractivity contribution >= 4 is 12.2 Å². The molecule has 0 bridgehead atoms. The topological polar surface area (TPSA) is 62.1 Å². The largest absolute Gasteiger partial charge is 0.481 e. The molecule has 5 nitrogen and oxygen atoms in total. The lowest BCUT2D eigenvalue weighted by atomic mass is 9.80. The van der Waals surface area contributed by atoms with E-state index in [1.165, 1.54) is 54.4 Å². The summed E-state index contributed by atoms with van der Waals surface area (Å²) in [7, 11) is 0. The number of carboxylic acids is 1. The van der Waals surface area contributed by atoms with E-state index >= 15 is 0 Å². The van der Waals surface area contributed by atoms with E-state index in [0.29, 0.717) is 19.0 Å². The fourth-order valence-corrected chi connectivity index (χ4v) is 5.73. The second-order valence-corrected chi connectivity index (χ2v) is 10.1. The Kier molecular flexibility index (Phi) is 8.61. The van der Waals surface area contributed by atoms with Crippen LogP contribution < -0.4 is 0 Å². The highest BCUT2D eigenvalue weighted by Gasteiger charge is 2.32. The highest BCUT2D eigenvalue weighted by atomic mass is 16.6. The third kappa shape index (κ3) is 5.95. The summed E-state index contributed by atoms with van der Waals surface area (Å²) in [6.07, 6.45) is 10.0. The summed E-state index contributed by atoms with van der Waals surface area (Å²) in [4.78, 5) is 19.4. The molecule has 2 aliphatic rings. The molecule has 4 rings (SSSR count). The van der Waals surface area contributed by atoms with Gasteiger partial charge in [-0.2, -0.15) is 0 Å². The van der Waals surface area contributed by atoms with Gasteiger partial charge in [-0.15, -0.1) is 0 Å². The van der Waals surface area contributed by atoms with E-state index in [0.717, 1.165) is 30.5 Å². The van der Waals surface area contributed by atoms with Gasteiger partial charge in [0.05, 0.1) is 5.92 Å². The quantitative estimate of drug-likeness (QED) is 0.315. The second-order valence-electron chi connectivity index (χ2n) is 10.1. The van der Waals surface area contributed by atoms with E-state index in [4.69, 9.17) is 4.84 Å². The molecule has 1 atom stereocenters. The maximum absolute atomic E-state index is 11.1. The first kappa shape index (κ1) is 25.4. The van der Waals surface area contributed by atoms with Crippen LogP contribution in [-0.4, -0.2) is 35.3 Å². The minimum atomic E-state index is -0.690. The third-order valence-electron chi connectivity index (χ3n) is 7.78. The number of carbonyl (C=O) groups is 1. The van der Waals surface area contributed by atoms with Crippen LogP contribution in [0.15, 0.2) is 41.6 Å². The Morgan fingerprint density at radius 2 is 1.69 bits per heavy atom. The van der Waals surface area contributed by atoms with Crippen LogP contribution in [0.1, 0.15) is 98.3 Å². The molecule has 188 valence electrons. The fraction of sp³-hybridized carbons (Fsp3) is 0.533. The van der Waals surface area contributed by atoms with E-state index in [9.17, 15) is 9.90 Å². The molecule has 5 heteroatoms. The average Bonchev–Trinajstić information content (AvgIpc) is 2.86. The highest BCUT2D eigenvalue weighted by Crippen LogP contribution is 2.37. The van der Waals surface area contributed by atoms with E-state index < -0.39 is 5.97 Å². The monoisotopic (exact) mass is 476 g/mol. The summed E-state index contributed by atoms with van der Waals surface area (Å²) in [6, 6.07) is 13.5. The lowest BCUT2D eigenvalue weighted by Gasteiger charge is -2.37. The normalized spacial score (nSPS) is 18.5. The van der Waals surface area contributed by atoms with Crippen molar-refractivity contribution in [2.24, 2.45) is 11.1 Å². The Hall–Kier alpha value is -2.66. The van der Waals surface area contributed by atoms with Crippen molar-refractivity contribution in [1.82, 2.24) is 4.90 Å². The molecule has 1 saturated carbocycles. The molecule has 0 amide bonds. The van der Waals surface area contributed by atoms with Gasteiger partial charge in [0.15, 0.2) is 6.10 Å². The average molecular weight is 477 g/mol. The van der Waals surface area contributed by atoms with Gasteiger partial charge < -0.3 is 9.94 Å². The molecule has 0 spiro atoms. The molecule has 1 aliphatic carbocycles. The van der Waals surface area contributed by atoms with Crippen molar-refractivity contribution in [2.45, 2.75) is 84.3 Å². The second kappa shape index (κ2) is 11.9. The Labute approximate surface area is 210 Å². The van der Waals surface area contributed by atoms with Crippen LogP contribution in [0.25, 0.3) is 0 Å². The smallest absolute Gasteiger partial charge is 0.309 e. The van der Waals surface area contributed by atoms with Gasteiger partial charge in [-0.05, 0) is 71.9 Å². The number of rotatable bonds is 10. The zero-order chi connectivity index (χ0) is 24.8. The van der Waals surface area contributed by atoms with Crippen LogP contribution in [0.2, 0.25) is 0 Å². The first-order valence-electron chi connectivity index (χ1n) is 13.4. The number of carboxylic acid groups (broad SMARTS) is 1. The molecule has 1 N–H and O–H groups in total. The Morgan fingerprint density at radius 1 is 1.03 bits per heavy atom. The van der Waals surface area contributed by atoms with E-state index in [-0.39, 0.29) is 12.0 Å². The zero-order valence-electron chi connectivity index (χ0n) is 21.5. The molecule has 0 aromatic heterocycles. The molecular formula is C30H40N2O3. The lowest BCUT2D eigenvalue weighted by Crippen LogP contribution is -2.49. The third-order valence-corrected chi connectivity index (χ3v) is 7.78. The molecule has 0 radical (unpaired) electrons. The summed E-state index contributed by atoms with van der Waals surface area (Å²) in [5.74, 6) is -0.230. The van der Waals surface area contributed by atoms with Crippen LogP contribution >= 0.6 is 0 Å². The van der Waals surface area contributed by atoms with E-state index in [2.05, 4.69) is 60.3 Å². The number of oxime groups is 1. The summed E-state index contributed by atoms with van der Waals surface area (Å²) >= 11 is 0. The van der Waals surface area contributed by atoms with Crippen molar-refractivity contribution in [3.05, 3.63) is 69.8 Å². The van der Waals surface area contributed by atoms with E-state index in [1.54, 1.807) is 6.21 Å². The summed E-state index contributed by atoms with van der Waals surface area (Å²) in [5.41, 5.74) is 7.75. The lowest BCUT2D eigenvalue weighted by molar-refractivity contribution is -0.147. The molecule has 1 heterocycles. The standard InChI is InChI=1S/C30H40N2O3/c1-4-21-16-24(12-13-26(21)18-32-19-27(20-32)30(33)34)29(35-31-6-3)25-14-15-28(22(5-2)17-25)23-10-8-7-9-11-23/h6,12-17,23,27,29H,4-5,7-11,18-20H2,1-3H3,(H,33,34). The number of aryl methyl sites for hydroxylation is 2. The van der Waals surface area contributed by atoms with Crippen molar-refractivity contribution in [1.29, 1.82) is 0 Å². The molecule has 2 aromatic rings. The van der Waals surface area contributed by atoms with Gasteiger partial charge in [-0.1, -0.05) is 74.7 Å². The minimum Gasteiger partial charge on any atom is -0.481 e. The Balaban J connectivity index is 1.58. The van der Waals surface area contributed by atoms with Gasteiger partial charge in [0.25, 0.3) is 0 Å². The van der Waals surface area contributed by atoms with Gasteiger partial charge in [0.1, 0.15) is 0 Å². The van der Waals surface area contributed by atoms with Crippen molar-refractivity contribution in [2.75, 3.05) is 13.1 Å². The molecule has 2 aromatic carbocycles. The number of hydrogen-bond acceptors (Lipinski definition) is 4. The minimum absolute atomic E-state index is 0.228. The van der Waals surface area contributed by atoms with Crippen LogP contribution in [-0.2, 0) is 29.0 Å². The first-order chi connectivity index (χ1) is 17.0. The van der Waals surface area contributed by atoms with Gasteiger partial charge in [-0.25, -0.2) is 0 Å². The number of likely N-dealkylation sites (tertiary alicyclic amines) is 1. The number of aliphatic carboxylic acids is 1. The predicted molar refractivity (Wildman–Crippen MR) is 141 cm³/mol. The SMILES string of the molecule is CC=NOC(c1ccc(CN2CC(C(=O)O)C2)c(CC)c1)c1ccc(C2CCCCC2)c(CC)c1. The fourth-order valence-electron chi connectivity index (χ4n) is 5.73. The summed E-state index contributed by atoms with van der Waals surface area (Å²) in [6.45, 7) is 8.35. The highest BCUT2D eigenvalue weighted by molar-refractivity contribution is 5.71. The van der Waals surface area contributed by atoms with Crippen LogP contribution in [0, 0.1) is 5.92 Å². The van der Waals surface area contributed by atoms with Gasteiger partial charge in [-0.3, -0.25) is 9.69 Å². The van der Waals surface area contributed by atoms with Crippen molar-refractivity contribution in [3.8, 4) is 0 Å². The van der Waals surface area contributed by atoms with Gasteiger partial charge in [0, 0.05) is 25.8 Å². The van der Waals surface area contributed by atoms with Crippen molar-refractivity contribution < 1.29 is 14.7 Å². The Bertz CT molecular complexity index is 1040. The van der Waals surface area contributed by atoms with Gasteiger partial charge >= 0.3 is 5.97 Å². The van der Waals surface area contributed by atoms with Gasteiger partial charge in [0.2, 0.25) is 0 Å². The molecule has 35 heavy (non-hydrogen) atoms. The Morgan fingerprint density at radius 3 is 2.31 bits per heavy atom. The number of nitrogens with zero attached hydrogens (tertiary/aromatic N) is 2. The first-order valence-corrected chi connectivity index (χ1v) is 13.4. The molecule has 1 aliphatic heterocycles. The molecule has 1 saturated heterocycles. The van der Waals surface area contributed by atoms with Crippen LogP contribution in [0.5, 0.6) is 0 Å². The maximum Gasteiger partial charge on any atom is 0.309 e. The number of benzene rings is 2. The molecular weight excluding hydrogens is 436 g/mol. The van der Waals surface area contributed by atoms with Crippen molar-refractivity contribution in [3.63, 3.8) is 0 Å². The molecule has 1 unspecified atom stereocenters. The molecule has 2 fully saturated rings. The van der Waals surface area contributed by atoms with Crippen LogP contribution in [0.3, 0.4) is 0 Å². The maximum atomic E-state index is 11.1. The predicted octanol–water partition coefficient (Wildman–Crippen LogP) is 6.49. The number of hydrogen-bond donors (Lipinski definition) is 1. The summed E-state index contributed by atoms with van der Waals surface area (Å²) < 4.78 is 0. The van der Waals surface area contributed by atoms with Crippen LogP contribution in [0.4, 0.5) is 0 Å². The zero-order valence-corrected chi connectivity index (χ0v) is 21.5.